The third-order valence-corrected chi connectivity index (χ3v) is 6.67. The van der Waals surface area contributed by atoms with E-state index in [1.807, 2.05) is 60.7 Å². The molecule has 1 aliphatic carbocycles. The molecule has 1 unspecified atom stereocenters. The minimum atomic E-state index is -0.933. The van der Waals surface area contributed by atoms with Crippen molar-refractivity contribution in [3.05, 3.63) is 96.1 Å². The van der Waals surface area contributed by atoms with Crippen LogP contribution in [0.4, 0.5) is 0 Å². The van der Waals surface area contributed by atoms with E-state index >= 15 is 0 Å². The molecule has 1 atom stereocenters. The van der Waals surface area contributed by atoms with Gasteiger partial charge in [-0.3, -0.25) is 14.4 Å². The van der Waals surface area contributed by atoms with E-state index in [0.29, 0.717) is 18.5 Å². The highest BCUT2D eigenvalue weighted by atomic mass is 16.4. The van der Waals surface area contributed by atoms with Crippen LogP contribution in [0.1, 0.15) is 67.3 Å². The molecule has 1 fully saturated rings. The first-order chi connectivity index (χ1) is 20.3. The minimum absolute atomic E-state index is 0.0289. The second-order valence-corrected chi connectivity index (χ2v) is 10.0. The molecule has 0 bridgehead atoms. The largest absolute Gasteiger partial charge is 0.481 e. The number of hydrogen-bond acceptors (Lipinski definition) is 6. The van der Waals surface area contributed by atoms with E-state index < -0.39 is 18.0 Å². The molecule has 228 valence electrons. The van der Waals surface area contributed by atoms with Gasteiger partial charge in [0.1, 0.15) is 12.3 Å². The van der Waals surface area contributed by atoms with Gasteiger partial charge in [0.15, 0.2) is 0 Å². The number of unbranched alkanes of at least 4 members (excludes halogenated alkanes) is 1. The van der Waals surface area contributed by atoms with Crippen LogP contribution in [-0.2, 0) is 16.0 Å². The summed E-state index contributed by atoms with van der Waals surface area (Å²) in [5.41, 5.74) is 20.1. The topological polar surface area (TPSA) is 170 Å². The van der Waals surface area contributed by atoms with Crippen molar-refractivity contribution in [2.75, 3.05) is 13.1 Å². The van der Waals surface area contributed by atoms with Crippen LogP contribution in [0.15, 0.2) is 84.9 Å². The molecule has 1 aliphatic rings. The number of benzene rings is 3. The number of carboxylic acid groups (broad SMARTS) is 2. The number of carbonyl (C=O) groups excluding carboxylic acids is 1. The Balaban J connectivity index is 0.000000286. The molecule has 1 saturated carbocycles. The summed E-state index contributed by atoms with van der Waals surface area (Å²) in [4.78, 5) is 30.9. The molecule has 4 rings (SSSR count). The van der Waals surface area contributed by atoms with Gasteiger partial charge in [0.25, 0.3) is 0 Å². The molecule has 8 nitrogen and oxygen atoms in total. The van der Waals surface area contributed by atoms with Crippen LogP contribution in [0.25, 0.3) is 11.1 Å². The van der Waals surface area contributed by atoms with Crippen molar-refractivity contribution in [1.29, 1.82) is 0 Å². The van der Waals surface area contributed by atoms with Gasteiger partial charge in [0.05, 0.1) is 5.92 Å². The molecule has 8 N–H and O–H groups in total. The lowest BCUT2D eigenvalue weighted by atomic mass is 9.90. The molecule has 0 saturated heterocycles. The van der Waals surface area contributed by atoms with Crippen LogP contribution >= 0.6 is 0 Å². The zero-order chi connectivity index (χ0) is 31.0. The van der Waals surface area contributed by atoms with E-state index in [4.69, 9.17) is 27.4 Å². The molecule has 0 spiro atoms. The number of rotatable bonds is 10. The fourth-order valence-corrected chi connectivity index (χ4v) is 4.18. The van der Waals surface area contributed by atoms with Gasteiger partial charge in [-0.2, -0.15) is 0 Å². The first-order valence-corrected chi connectivity index (χ1v) is 14.6. The smallest absolute Gasteiger partial charge is 0.320 e. The monoisotopic (exact) mass is 577 g/mol. The number of hydrogen-bond donors (Lipinski definition) is 5. The molecule has 0 aliphatic heterocycles. The van der Waals surface area contributed by atoms with Gasteiger partial charge >= 0.3 is 11.9 Å². The lowest BCUT2D eigenvalue weighted by molar-refractivity contribution is -0.142. The Bertz CT molecular complexity index is 1120. The molecule has 3 aromatic carbocycles. The summed E-state index contributed by atoms with van der Waals surface area (Å²) >= 11 is 0. The van der Waals surface area contributed by atoms with Gasteiger partial charge < -0.3 is 27.4 Å². The highest BCUT2D eigenvalue weighted by Crippen LogP contribution is 2.23. The molecular formula is C34H47N3O5. The maximum Gasteiger partial charge on any atom is 0.320 e. The molecular weight excluding hydrogens is 530 g/mol. The van der Waals surface area contributed by atoms with Gasteiger partial charge in [-0.05, 0) is 61.9 Å². The molecule has 0 amide bonds. The van der Waals surface area contributed by atoms with Gasteiger partial charge in [-0.15, -0.1) is 0 Å². The third-order valence-electron chi connectivity index (χ3n) is 6.67. The first-order valence-electron chi connectivity index (χ1n) is 14.6. The predicted octanol–water partition coefficient (Wildman–Crippen LogP) is 5.53. The first kappa shape index (κ1) is 36.2. The zero-order valence-corrected chi connectivity index (χ0v) is 24.4. The molecule has 3 aromatic rings. The van der Waals surface area contributed by atoms with Crippen molar-refractivity contribution in [3.63, 3.8) is 0 Å². The molecule has 42 heavy (non-hydrogen) atoms. The van der Waals surface area contributed by atoms with E-state index in [2.05, 4.69) is 24.3 Å². The Hall–Kier alpha value is -3.85. The summed E-state index contributed by atoms with van der Waals surface area (Å²) < 4.78 is 0. The van der Waals surface area contributed by atoms with Crippen LogP contribution in [0.2, 0.25) is 0 Å². The summed E-state index contributed by atoms with van der Waals surface area (Å²) in [6.45, 7) is 1.34. The van der Waals surface area contributed by atoms with Gasteiger partial charge in [-0.1, -0.05) is 111 Å². The van der Waals surface area contributed by atoms with E-state index in [1.165, 1.54) is 17.5 Å². The molecule has 0 heterocycles. The van der Waals surface area contributed by atoms with Crippen LogP contribution < -0.4 is 17.2 Å². The van der Waals surface area contributed by atoms with Gasteiger partial charge in [-0.25, -0.2) is 0 Å². The van der Waals surface area contributed by atoms with Crippen LogP contribution in [0.5, 0.6) is 0 Å². The third kappa shape index (κ3) is 16.4. The van der Waals surface area contributed by atoms with Crippen molar-refractivity contribution in [2.24, 2.45) is 23.1 Å². The van der Waals surface area contributed by atoms with E-state index in [9.17, 15) is 14.4 Å². The van der Waals surface area contributed by atoms with Crippen LogP contribution in [0.3, 0.4) is 0 Å². The van der Waals surface area contributed by atoms with Crippen molar-refractivity contribution >= 4 is 18.2 Å². The SMILES string of the molecule is NCCCCC(N)C(=O)O.NCCc1ccccc1.O=C(O)C1CCCCC1.O=Cc1ccc(-c2ccccc2)cc1. The van der Waals surface area contributed by atoms with Gasteiger partial charge in [0, 0.05) is 5.56 Å². The standard InChI is InChI=1S/C13H10O.C8H11N.C7H12O2.C6H14N2O2/c14-10-11-6-8-13(9-7-11)12-4-2-1-3-5-12;9-7-6-8-4-2-1-3-5-8;8-7(9)6-4-2-1-3-5-6;7-4-2-1-3-5(8)6(9)10/h1-10H;1-5H,6-7,9H2;6H,1-5H2,(H,8,9);5H,1-4,7-8H2,(H,9,10). The minimum Gasteiger partial charge on any atom is -0.481 e. The van der Waals surface area contributed by atoms with Crippen molar-refractivity contribution in [3.8, 4) is 11.1 Å². The van der Waals surface area contributed by atoms with Crippen LogP contribution in [-0.4, -0.2) is 47.6 Å². The summed E-state index contributed by atoms with van der Waals surface area (Å²) in [5, 5.41) is 16.9. The second kappa shape index (κ2) is 22.8. The fourth-order valence-electron chi connectivity index (χ4n) is 4.18. The molecule has 8 heteroatoms. The Labute approximate surface area is 249 Å². The summed E-state index contributed by atoms with van der Waals surface area (Å²) in [7, 11) is 0. The van der Waals surface area contributed by atoms with Crippen molar-refractivity contribution < 1.29 is 24.6 Å². The second-order valence-electron chi connectivity index (χ2n) is 10.0. The van der Waals surface area contributed by atoms with E-state index in [-0.39, 0.29) is 5.92 Å². The summed E-state index contributed by atoms with van der Waals surface area (Å²) in [5.74, 6) is -1.56. The number of carbonyl (C=O) groups is 3. The Morgan fingerprint density at radius 1 is 0.762 bits per heavy atom. The van der Waals surface area contributed by atoms with E-state index in [1.54, 1.807) is 0 Å². The highest BCUT2D eigenvalue weighted by molar-refractivity contribution is 5.77. The van der Waals surface area contributed by atoms with Gasteiger partial charge in [0.2, 0.25) is 0 Å². The van der Waals surface area contributed by atoms with Crippen molar-refractivity contribution in [1.82, 2.24) is 0 Å². The van der Waals surface area contributed by atoms with Crippen LogP contribution in [0, 0.1) is 5.92 Å². The number of carboxylic acids is 2. The maximum absolute atomic E-state index is 10.5. The zero-order valence-electron chi connectivity index (χ0n) is 24.4. The lowest BCUT2D eigenvalue weighted by Crippen LogP contribution is -2.29. The fraction of sp³-hybridized carbons (Fsp3) is 0.382. The number of nitrogens with two attached hydrogens (primary N) is 3. The van der Waals surface area contributed by atoms with Crippen molar-refractivity contribution in [2.45, 2.75) is 63.8 Å². The Kier molecular flexibility index (Phi) is 19.6. The normalized spacial score (nSPS) is 13.0. The van der Waals surface area contributed by atoms with E-state index in [0.717, 1.165) is 63.3 Å². The quantitative estimate of drug-likeness (QED) is 0.155. The maximum atomic E-state index is 10.5. The molecule has 0 radical (unpaired) electrons. The number of aldehydes is 1. The number of aliphatic carboxylic acids is 2. The lowest BCUT2D eigenvalue weighted by Gasteiger charge is -2.16. The Morgan fingerprint density at radius 2 is 1.31 bits per heavy atom. The average molecular weight is 578 g/mol. The summed E-state index contributed by atoms with van der Waals surface area (Å²) in [6.07, 6.45) is 9.25. The Morgan fingerprint density at radius 3 is 1.76 bits per heavy atom. The average Bonchev–Trinajstić information content (AvgIpc) is 3.03. The highest BCUT2D eigenvalue weighted by Gasteiger charge is 2.19. The predicted molar refractivity (Wildman–Crippen MR) is 169 cm³/mol. The molecule has 0 aromatic heterocycles. The summed E-state index contributed by atoms with van der Waals surface area (Å²) in [6, 6.07) is 27.2.